The van der Waals surface area contributed by atoms with E-state index >= 15 is 0 Å². The molecule has 0 aromatic heterocycles. The molecule has 0 saturated carbocycles. The van der Waals surface area contributed by atoms with Gasteiger partial charge in [0.1, 0.15) is 0 Å². The average molecular weight is 236 g/mol. The van der Waals surface area contributed by atoms with Gasteiger partial charge in [0.25, 0.3) is 0 Å². The molecule has 0 rings (SSSR count). The summed E-state index contributed by atoms with van der Waals surface area (Å²) in [5, 5.41) is 0. The zero-order valence-electron chi connectivity index (χ0n) is 11.5. The van der Waals surface area contributed by atoms with E-state index in [4.69, 9.17) is 18.9 Å². The Morgan fingerprint density at radius 2 is 1.06 bits per heavy atom. The molecule has 100 valence electrons. The molecule has 0 N–H and O–H groups in total. The lowest BCUT2D eigenvalue weighted by atomic mass is 10.7. The van der Waals surface area contributed by atoms with Gasteiger partial charge in [-0.2, -0.15) is 0 Å². The molecule has 0 aliphatic rings. The van der Waals surface area contributed by atoms with Gasteiger partial charge in [-0.25, -0.2) is 0 Å². The third kappa shape index (κ3) is 19.4. The van der Waals surface area contributed by atoms with Crippen LogP contribution in [0.15, 0.2) is 0 Å². The highest BCUT2D eigenvalue weighted by Gasteiger charge is 1.94. The molecule has 0 aliphatic carbocycles. The SMILES string of the molecule is CCOC(C)OCC.CCOCCOCC. The maximum Gasteiger partial charge on any atom is 0.154 e. The molecule has 4 heteroatoms. The van der Waals surface area contributed by atoms with Gasteiger partial charge >= 0.3 is 0 Å². The van der Waals surface area contributed by atoms with Crippen molar-refractivity contribution in [1.29, 1.82) is 0 Å². The topological polar surface area (TPSA) is 36.9 Å². The van der Waals surface area contributed by atoms with E-state index in [0.29, 0.717) is 0 Å². The Labute approximate surface area is 100 Å². The fourth-order valence-electron chi connectivity index (χ4n) is 0.924. The lowest BCUT2D eigenvalue weighted by Gasteiger charge is -2.09. The van der Waals surface area contributed by atoms with Crippen LogP contribution in [0.4, 0.5) is 0 Å². The van der Waals surface area contributed by atoms with Crippen LogP contribution in [0.25, 0.3) is 0 Å². The van der Waals surface area contributed by atoms with Crippen molar-refractivity contribution in [3.8, 4) is 0 Å². The first-order valence-electron chi connectivity index (χ1n) is 6.11. The van der Waals surface area contributed by atoms with E-state index in [2.05, 4.69) is 0 Å². The lowest BCUT2D eigenvalue weighted by molar-refractivity contribution is -0.123. The third-order valence-electron chi connectivity index (χ3n) is 1.58. The second-order valence-electron chi connectivity index (χ2n) is 2.87. The van der Waals surface area contributed by atoms with Gasteiger partial charge in [-0.05, 0) is 34.6 Å². The van der Waals surface area contributed by atoms with E-state index in [1.165, 1.54) is 0 Å². The summed E-state index contributed by atoms with van der Waals surface area (Å²) in [7, 11) is 0. The Morgan fingerprint density at radius 1 is 0.688 bits per heavy atom. The molecule has 0 aliphatic heterocycles. The van der Waals surface area contributed by atoms with Crippen molar-refractivity contribution in [2.75, 3.05) is 39.6 Å². The van der Waals surface area contributed by atoms with Crippen molar-refractivity contribution >= 4 is 0 Å². The second-order valence-corrected chi connectivity index (χ2v) is 2.87. The number of hydrogen-bond donors (Lipinski definition) is 0. The molecular weight excluding hydrogens is 208 g/mol. The lowest BCUT2D eigenvalue weighted by Crippen LogP contribution is -2.11. The summed E-state index contributed by atoms with van der Waals surface area (Å²) < 4.78 is 20.1. The highest BCUT2D eigenvalue weighted by Crippen LogP contribution is 1.90. The highest BCUT2D eigenvalue weighted by atomic mass is 16.7. The number of rotatable bonds is 9. The summed E-state index contributed by atoms with van der Waals surface area (Å²) in [6, 6.07) is 0. The predicted molar refractivity (Wildman–Crippen MR) is 65.7 cm³/mol. The van der Waals surface area contributed by atoms with E-state index < -0.39 is 0 Å². The van der Waals surface area contributed by atoms with Crippen LogP contribution >= 0.6 is 0 Å². The van der Waals surface area contributed by atoms with Crippen LogP contribution in [-0.2, 0) is 18.9 Å². The standard InChI is InChI=1S/2C6H14O2/c1-4-7-6(3)8-5-2;1-3-7-5-6-8-4-2/h6H,4-5H2,1-3H3;3-6H2,1-2H3. The Balaban J connectivity index is 0. The Morgan fingerprint density at radius 3 is 1.31 bits per heavy atom. The van der Waals surface area contributed by atoms with Crippen molar-refractivity contribution in [3.05, 3.63) is 0 Å². The zero-order chi connectivity index (χ0) is 12.6. The van der Waals surface area contributed by atoms with Crippen LogP contribution in [0.1, 0.15) is 34.6 Å². The van der Waals surface area contributed by atoms with Crippen molar-refractivity contribution in [2.45, 2.75) is 40.9 Å². The van der Waals surface area contributed by atoms with E-state index in [0.717, 1.165) is 39.6 Å². The fourth-order valence-corrected chi connectivity index (χ4v) is 0.924. The first-order valence-corrected chi connectivity index (χ1v) is 6.11. The van der Waals surface area contributed by atoms with Gasteiger partial charge in [-0.15, -0.1) is 0 Å². The predicted octanol–water partition coefficient (Wildman–Crippen LogP) is 2.46. The molecule has 0 atom stereocenters. The first kappa shape index (κ1) is 18.2. The second kappa shape index (κ2) is 17.2. The quantitative estimate of drug-likeness (QED) is 0.455. The summed E-state index contributed by atoms with van der Waals surface area (Å²) in [6.07, 6.45) is -0.0370. The fraction of sp³-hybridized carbons (Fsp3) is 1.00. The van der Waals surface area contributed by atoms with Gasteiger partial charge in [0.2, 0.25) is 0 Å². The van der Waals surface area contributed by atoms with Crippen LogP contribution in [0, 0.1) is 0 Å². The highest BCUT2D eigenvalue weighted by molar-refractivity contribution is 4.26. The Kier molecular flexibility index (Phi) is 19.6. The zero-order valence-corrected chi connectivity index (χ0v) is 11.5. The monoisotopic (exact) mass is 236 g/mol. The van der Waals surface area contributed by atoms with Gasteiger partial charge in [-0.3, -0.25) is 0 Å². The molecule has 0 aromatic rings. The normalized spacial score (nSPS) is 10.1. The summed E-state index contributed by atoms with van der Waals surface area (Å²) in [4.78, 5) is 0. The van der Waals surface area contributed by atoms with Gasteiger partial charge < -0.3 is 18.9 Å². The van der Waals surface area contributed by atoms with E-state index in [1.54, 1.807) is 0 Å². The van der Waals surface area contributed by atoms with Crippen LogP contribution in [0.3, 0.4) is 0 Å². The minimum Gasteiger partial charge on any atom is -0.379 e. The van der Waals surface area contributed by atoms with Gasteiger partial charge in [-0.1, -0.05) is 0 Å². The van der Waals surface area contributed by atoms with Crippen LogP contribution in [0.2, 0.25) is 0 Å². The van der Waals surface area contributed by atoms with Crippen LogP contribution in [-0.4, -0.2) is 45.9 Å². The summed E-state index contributed by atoms with van der Waals surface area (Å²) >= 11 is 0. The number of ether oxygens (including phenoxy) is 4. The molecule has 0 amide bonds. The third-order valence-corrected chi connectivity index (χ3v) is 1.58. The van der Waals surface area contributed by atoms with Crippen LogP contribution in [0.5, 0.6) is 0 Å². The molecule has 16 heavy (non-hydrogen) atoms. The van der Waals surface area contributed by atoms with Crippen molar-refractivity contribution < 1.29 is 18.9 Å². The average Bonchev–Trinajstić information content (AvgIpc) is 2.26. The minimum absolute atomic E-state index is 0.0370. The molecule has 0 saturated heterocycles. The molecule has 0 bridgehead atoms. The molecule has 0 fully saturated rings. The minimum atomic E-state index is -0.0370. The van der Waals surface area contributed by atoms with Gasteiger partial charge in [0, 0.05) is 26.4 Å². The maximum atomic E-state index is 5.06. The molecule has 0 spiro atoms. The van der Waals surface area contributed by atoms with Crippen molar-refractivity contribution in [2.24, 2.45) is 0 Å². The van der Waals surface area contributed by atoms with E-state index in [9.17, 15) is 0 Å². The Hall–Kier alpha value is -0.160. The van der Waals surface area contributed by atoms with Gasteiger partial charge in [0.05, 0.1) is 13.2 Å². The molecule has 0 radical (unpaired) electrons. The summed E-state index contributed by atoms with van der Waals surface area (Å²) in [6.45, 7) is 14.2. The van der Waals surface area contributed by atoms with Crippen molar-refractivity contribution in [3.63, 3.8) is 0 Å². The Bertz CT molecular complexity index is 97.2. The summed E-state index contributed by atoms with van der Waals surface area (Å²) in [5.41, 5.74) is 0. The van der Waals surface area contributed by atoms with Crippen LogP contribution < -0.4 is 0 Å². The molecule has 0 heterocycles. The van der Waals surface area contributed by atoms with Crippen molar-refractivity contribution in [1.82, 2.24) is 0 Å². The molecule has 0 aromatic carbocycles. The molecular formula is C12H28O4. The molecule has 0 unspecified atom stereocenters. The van der Waals surface area contributed by atoms with E-state index in [-0.39, 0.29) is 6.29 Å². The maximum absolute atomic E-state index is 5.06. The van der Waals surface area contributed by atoms with Gasteiger partial charge in [0.15, 0.2) is 6.29 Å². The molecule has 4 nitrogen and oxygen atoms in total. The van der Waals surface area contributed by atoms with E-state index in [1.807, 2.05) is 34.6 Å². The smallest absolute Gasteiger partial charge is 0.154 e. The number of hydrogen-bond acceptors (Lipinski definition) is 4. The first-order chi connectivity index (χ1) is 7.72. The largest absolute Gasteiger partial charge is 0.379 e. The summed E-state index contributed by atoms with van der Waals surface area (Å²) in [5.74, 6) is 0.